The van der Waals surface area contributed by atoms with E-state index in [0.29, 0.717) is 0 Å². The Hall–Kier alpha value is -1.33. The van der Waals surface area contributed by atoms with Crippen molar-refractivity contribution in [2.75, 3.05) is 25.2 Å². The fraction of sp³-hybridized carbons (Fsp3) is 0.333. The number of sulfone groups is 1. The van der Waals surface area contributed by atoms with Crippen molar-refractivity contribution in [3.05, 3.63) is 35.9 Å². The van der Waals surface area contributed by atoms with Gasteiger partial charge in [-0.05, 0) is 17.7 Å². The van der Waals surface area contributed by atoms with E-state index in [1.807, 2.05) is 24.3 Å². The number of hydrogen-bond acceptors (Lipinski definition) is 4. The van der Waals surface area contributed by atoms with Gasteiger partial charge in [0.1, 0.15) is 5.75 Å². The maximum atomic E-state index is 11.4. The largest absolute Gasteiger partial charge is 0.497 e. The van der Waals surface area contributed by atoms with Gasteiger partial charge in [0, 0.05) is 6.54 Å². The predicted molar refractivity (Wildman–Crippen MR) is 69.7 cm³/mol. The van der Waals surface area contributed by atoms with E-state index in [1.54, 1.807) is 19.3 Å². The Morgan fingerprint density at radius 2 is 1.94 bits per heavy atom. The second-order valence-corrected chi connectivity index (χ2v) is 5.81. The fourth-order valence-electron chi connectivity index (χ4n) is 1.31. The van der Waals surface area contributed by atoms with E-state index < -0.39 is 9.84 Å². The lowest BCUT2D eigenvalue weighted by atomic mass is 10.2. The highest BCUT2D eigenvalue weighted by Crippen LogP contribution is 2.12. The van der Waals surface area contributed by atoms with E-state index in [1.165, 1.54) is 0 Å². The van der Waals surface area contributed by atoms with E-state index >= 15 is 0 Å². The Balaban J connectivity index is 2.59. The van der Waals surface area contributed by atoms with Crippen molar-refractivity contribution in [2.24, 2.45) is 5.73 Å². The van der Waals surface area contributed by atoms with E-state index in [4.69, 9.17) is 10.5 Å². The van der Waals surface area contributed by atoms with Gasteiger partial charge < -0.3 is 10.5 Å². The van der Waals surface area contributed by atoms with E-state index in [-0.39, 0.29) is 18.1 Å². The van der Waals surface area contributed by atoms with Crippen LogP contribution in [0.3, 0.4) is 0 Å². The Labute approximate surface area is 102 Å². The molecule has 0 radical (unpaired) electrons. The molecule has 1 aromatic rings. The molecular formula is C12H17NO3S. The van der Waals surface area contributed by atoms with Crippen molar-refractivity contribution >= 4 is 15.9 Å². The van der Waals surface area contributed by atoms with Crippen LogP contribution in [0.2, 0.25) is 0 Å². The highest BCUT2D eigenvalue weighted by molar-refractivity contribution is 7.91. The SMILES string of the molecule is COc1ccc(C=CCS(=O)(=O)CCN)cc1. The molecule has 1 rings (SSSR count). The summed E-state index contributed by atoms with van der Waals surface area (Å²) in [5, 5.41) is 0. The van der Waals surface area contributed by atoms with Crippen molar-refractivity contribution in [3.8, 4) is 5.75 Å². The molecule has 4 nitrogen and oxygen atoms in total. The highest BCUT2D eigenvalue weighted by atomic mass is 32.2. The number of methoxy groups -OCH3 is 1. The number of benzene rings is 1. The summed E-state index contributed by atoms with van der Waals surface area (Å²) in [5.74, 6) is 0.828. The van der Waals surface area contributed by atoms with Crippen LogP contribution in [0.15, 0.2) is 30.3 Å². The molecule has 0 saturated heterocycles. The van der Waals surface area contributed by atoms with Gasteiger partial charge in [-0.3, -0.25) is 0 Å². The summed E-state index contributed by atoms with van der Waals surface area (Å²) < 4.78 is 27.8. The number of hydrogen-bond donors (Lipinski definition) is 1. The Morgan fingerprint density at radius 3 is 2.47 bits per heavy atom. The second-order valence-electron chi connectivity index (χ2n) is 3.58. The number of nitrogens with two attached hydrogens (primary N) is 1. The van der Waals surface area contributed by atoms with Crippen LogP contribution >= 0.6 is 0 Å². The Morgan fingerprint density at radius 1 is 1.29 bits per heavy atom. The van der Waals surface area contributed by atoms with Gasteiger partial charge in [-0.1, -0.05) is 24.3 Å². The fourth-order valence-corrected chi connectivity index (χ4v) is 2.22. The third-order valence-electron chi connectivity index (χ3n) is 2.21. The second kappa shape index (κ2) is 6.42. The van der Waals surface area contributed by atoms with Crippen LogP contribution in [-0.4, -0.2) is 33.6 Å². The zero-order chi connectivity index (χ0) is 12.7. The number of ether oxygens (including phenoxy) is 1. The lowest BCUT2D eigenvalue weighted by Crippen LogP contribution is -2.17. The van der Waals surface area contributed by atoms with Crippen molar-refractivity contribution in [1.82, 2.24) is 0 Å². The molecule has 2 N–H and O–H groups in total. The summed E-state index contributed by atoms with van der Waals surface area (Å²) in [6, 6.07) is 7.39. The van der Waals surface area contributed by atoms with Gasteiger partial charge in [-0.15, -0.1) is 0 Å². The van der Waals surface area contributed by atoms with Crippen LogP contribution in [-0.2, 0) is 9.84 Å². The minimum Gasteiger partial charge on any atom is -0.497 e. The van der Waals surface area contributed by atoms with Crippen molar-refractivity contribution in [1.29, 1.82) is 0 Å². The minimum atomic E-state index is -3.05. The quantitative estimate of drug-likeness (QED) is 0.826. The monoisotopic (exact) mass is 255 g/mol. The van der Waals surface area contributed by atoms with Crippen molar-refractivity contribution in [2.45, 2.75) is 0 Å². The molecule has 0 spiro atoms. The summed E-state index contributed by atoms with van der Waals surface area (Å²) in [6.45, 7) is 0.165. The van der Waals surface area contributed by atoms with Gasteiger partial charge in [-0.25, -0.2) is 8.42 Å². The summed E-state index contributed by atoms with van der Waals surface area (Å²) >= 11 is 0. The molecule has 17 heavy (non-hydrogen) atoms. The Kier molecular flexibility index (Phi) is 5.18. The molecule has 0 aliphatic rings. The molecule has 94 valence electrons. The van der Waals surface area contributed by atoms with E-state index in [9.17, 15) is 8.42 Å². The lowest BCUT2D eigenvalue weighted by Gasteiger charge is -1.99. The molecule has 0 aliphatic heterocycles. The molecule has 0 unspecified atom stereocenters. The number of rotatable bonds is 6. The molecule has 0 bridgehead atoms. The van der Waals surface area contributed by atoms with Crippen LogP contribution in [0.1, 0.15) is 5.56 Å². The summed E-state index contributed by atoms with van der Waals surface area (Å²) in [4.78, 5) is 0. The zero-order valence-electron chi connectivity index (χ0n) is 9.80. The van der Waals surface area contributed by atoms with Crippen molar-refractivity contribution in [3.63, 3.8) is 0 Å². The molecule has 5 heteroatoms. The van der Waals surface area contributed by atoms with Crippen LogP contribution in [0.5, 0.6) is 5.75 Å². The average molecular weight is 255 g/mol. The van der Waals surface area contributed by atoms with Gasteiger partial charge in [-0.2, -0.15) is 0 Å². The maximum Gasteiger partial charge on any atom is 0.155 e. The van der Waals surface area contributed by atoms with Crippen LogP contribution in [0.25, 0.3) is 6.08 Å². The maximum absolute atomic E-state index is 11.4. The first-order chi connectivity index (χ1) is 8.07. The molecule has 0 amide bonds. The smallest absolute Gasteiger partial charge is 0.155 e. The molecule has 0 aliphatic carbocycles. The van der Waals surface area contributed by atoms with E-state index in [2.05, 4.69) is 0 Å². The molecular weight excluding hydrogens is 238 g/mol. The predicted octanol–water partition coefficient (Wildman–Crippen LogP) is 1.08. The van der Waals surface area contributed by atoms with Gasteiger partial charge >= 0.3 is 0 Å². The topological polar surface area (TPSA) is 69.4 Å². The standard InChI is InChI=1S/C12H17NO3S/c1-16-12-6-4-11(5-7-12)3-2-9-17(14,15)10-8-13/h2-7H,8-10,13H2,1H3. The van der Waals surface area contributed by atoms with Crippen LogP contribution in [0.4, 0.5) is 0 Å². The van der Waals surface area contributed by atoms with E-state index in [0.717, 1.165) is 11.3 Å². The lowest BCUT2D eigenvalue weighted by molar-refractivity contribution is 0.415. The molecule has 0 heterocycles. The summed E-state index contributed by atoms with van der Waals surface area (Å²) in [5.41, 5.74) is 6.15. The average Bonchev–Trinajstić information content (AvgIpc) is 2.29. The van der Waals surface area contributed by atoms with Crippen LogP contribution < -0.4 is 10.5 Å². The van der Waals surface area contributed by atoms with Crippen LogP contribution in [0, 0.1) is 0 Å². The molecule has 1 aromatic carbocycles. The highest BCUT2D eigenvalue weighted by Gasteiger charge is 2.05. The molecule has 0 aromatic heterocycles. The van der Waals surface area contributed by atoms with Crippen molar-refractivity contribution < 1.29 is 13.2 Å². The first kappa shape index (κ1) is 13.7. The van der Waals surface area contributed by atoms with Gasteiger partial charge in [0.05, 0.1) is 18.6 Å². The minimum absolute atomic E-state index is 0.0240. The normalized spacial score (nSPS) is 11.9. The first-order valence-electron chi connectivity index (χ1n) is 5.28. The third-order valence-corrected chi connectivity index (χ3v) is 3.76. The molecule has 0 fully saturated rings. The van der Waals surface area contributed by atoms with Gasteiger partial charge in [0.15, 0.2) is 9.84 Å². The first-order valence-corrected chi connectivity index (χ1v) is 7.10. The summed E-state index contributed by atoms with van der Waals surface area (Å²) in [7, 11) is -1.45. The summed E-state index contributed by atoms with van der Waals surface area (Å²) in [6.07, 6.45) is 3.40. The Bertz CT molecular complexity index is 463. The molecule has 0 saturated carbocycles. The third kappa shape index (κ3) is 5.01. The zero-order valence-corrected chi connectivity index (χ0v) is 10.6. The van der Waals surface area contributed by atoms with Gasteiger partial charge in [0.25, 0.3) is 0 Å². The molecule has 0 atom stereocenters. The van der Waals surface area contributed by atoms with Gasteiger partial charge in [0.2, 0.25) is 0 Å².